The first kappa shape index (κ1) is 20.5. The number of halogens is 2. The number of pyridine rings is 1. The normalized spacial score (nSPS) is 28.1. The zero-order chi connectivity index (χ0) is 20.6. The summed E-state index contributed by atoms with van der Waals surface area (Å²) < 4.78 is 68.9. The number of hydrogen-bond acceptors (Lipinski definition) is 8. The van der Waals surface area contributed by atoms with Crippen molar-refractivity contribution < 1.29 is 46.5 Å². The van der Waals surface area contributed by atoms with Crippen molar-refractivity contribution >= 4 is 10.1 Å². The van der Waals surface area contributed by atoms with Gasteiger partial charge in [-0.1, -0.05) is 0 Å². The molecule has 1 aromatic carbocycles. The molecule has 1 unspecified atom stereocenters. The van der Waals surface area contributed by atoms with Gasteiger partial charge in [-0.2, -0.15) is 12.8 Å². The molecule has 0 radical (unpaired) electrons. The maximum atomic E-state index is 14.1. The van der Waals surface area contributed by atoms with Gasteiger partial charge in [0.25, 0.3) is 10.1 Å². The third-order valence-corrected chi connectivity index (χ3v) is 5.02. The van der Waals surface area contributed by atoms with E-state index in [4.69, 9.17) is 14.0 Å². The number of aliphatic hydroxyl groups excluding tert-OH is 3. The lowest BCUT2D eigenvalue weighted by atomic mass is 10.0. The van der Waals surface area contributed by atoms with E-state index in [1.807, 2.05) is 0 Å². The van der Waals surface area contributed by atoms with Gasteiger partial charge in [-0.05, 0) is 30.3 Å². The summed E-state index contributed by atoms with van der Waals surface area (Å²) in [5.74, 6) is -1.57. The highest BCUT2D eigenvalue weighted by Gasteiger charge is 2.50. The minimum atomic E-state index is -4.95. The Morgan fingerprint density at radius 3 is 2.36 bits per heavy atom. The van der Waals surface area contributed by atoms with Gasteiger partial charge in [0.1, 0.15) is 29.9 Å². The second-order valence-electron chi connectivity index (χ2n) is 5.99. The Kier molecular flexibility index (Phi) is 5.61. The van der Waals surface area contributed by atoms with E-state index in [0.717, 1.165) is 30.5 Å². The molecule has 9 nitrogen and oxygen atoms in total. The number of hydrogen-bond donors (Lipinski definition) is 4. The van der Waals surface area contributed by atoms with Crippen molar-refractivity contribution in [2.45, 2.75) is 30.0 Å². The molecule has 12 heteroatoms. The van der Waals surface area contributed by atoms with Crippen molar-refractivity contribution in [2.75, 3.05) is 0 Å². The molecule has 1 fully saturated rings. The van der Waals surface area contributed by atoms with Crippen LogP contribution in [0.4, 0.5) is 8.78 Å². The SMILES string of the molecule is O=S(=O)(O)C1O[C@@H](Oc2ccc(F)c(-c3ccc(F)nc3)c2)[C@H](O)[C@@H](O)[C@@H]1O. The topological polar surface area (TPSA) is 146 Å². The molecule has 1 saturated heterocycles. The lowest BCUT2D eigenvalue weighted by Gasteiger charge is -2.38. The fourth-order valence-corrected chi connectivity index (χ4v) is 3.39. The van der Waals surface area contributed by atoms with Gasteiger partial charge in [0.05, 0.1) is 0 Å². The summed E-state index contributed by atoms with van der Waals surface area (Å²) in [6, 6.07) is 5.57. The first-order chi connectivity index (χ1) is 13.1. The van der Waals surface area contributed by atoms with Gasteiger partial charge in [0.15, 0.2) is 0 Å². The van der Waals surface area contributed by atoms with E-state index >= 15 is 0 Å². The summed E-state index contributed by atoms with van der Waals surface area (Å²) in [6.07, 6.45) is -6.74. The van der Waals surface area contributed by atoms with Gasteiger partial charge in [-0.15, -0.1) is 0 Å². The first-order valence-corrected chi connectivity index (χ1v) is 9.32. The summed E-state index contributed by atoms with van der Waals surface area (Å²) in [5, 5.41) is 29.4. The maximum absolute atomic E-state index is 14.1. The minimum absolute atomic E-state index is 0.0396. The van der Waals surface area contributed by atoms with E-state index in [9.17, 15) is 32.5 Å². The van der Waals surface area contributed by atoms with Crippen LogP contribution in [0, 0.1) is 11.8 Å². The van der Waals surface area contributed by atoms with Crippen LogP contribution in [0.1, 0.15) is 0 Å². The number of benzene rings is 1. The van der Waals surface area contributed by atoms with E-state index in [-0.39, 0.29) is 16.9 Å². The van der Waals surface area contributed by atoms with Gasteiger partial charge >= 0.3 is 0 Å². The van der Waals surface area contributed by atoms with E-state index in [2.05, 4.69) is 4.98 Å². The summed E-state index contributed by atoms with van der Waals surface area (Å²) >= 11 is 0. The molecule has 1 aliphatic rings. The molecule has 0 saturated carbocycles. The Morgan fingerprint density at radius 2 is 1.75 bits per heavy atom. The van der Waals surface area contributed by atoms with Crippen molar-refractivity contribution in [3.05, 3.63) is 48.3 Å². The predicted octanol–water partition coefficient (Wildman–Crippen LogP) is 0.0585. The molecule has 2 heterocycles. The highest BCUT2D eigenvalue weighted by atomic mass is 32.2. The molecule has 4 N–H and O–H groups in total. The summed E-state index contributed by atoms with van der Waals surface area (Å²) in [7, 11) is -4.95. The molecule has 2 aromatic rings. The van der Waals surface area contributed by atoms with Crippen LogP contribution >= 0.6 is 0 Å². The second-order valence-corrected chi connectivity index (χ2v) is 7.48. The number of nitrogens with zero attached hydrogens (tertiary/aromatic N) is 1. The molecule has 0 amide bonds. The maximum Gasteiger partial charge on any atom is 0.295 e. The zero-order valence-corrected chi connectivity index (χ0v) is 14.7. The lowest BCUT2D eigenvalue weighted by molar-refractivity contribution is -0.254. The van der Waals surface area contributed by atoms with Crippen LogP contribution in [0.2, 0.25) is 0 Å². The Balaban J connectivity index is 1.88. The highest BCUT2D eigenvalue weighted by molar-refractivity contribution is 7.86. The minimum Gasteiger partial charge on any atom is -0.462 e. The summed E-state index contributed by atoms with van der Waals surface area (Å²) in [5.41, 5.74) is -2.10. The van der Waals surface area contributed by atoms with Crippen molar-refractivity contribution in [3.8, 4) is 16.9 Å². The Bertz CT molecular complexity index is 956. The average Bonchev–Trinajstić information content (AvgIpc) is 2.63. The molecule has 28 heavy (non-hydrogen) atoms. The van der Waals surface area contributed by atoms with Crippen molar-refractivity contribution in [3.63, 3.8) is 0 Å². The molecular formula is C16H15F2NO8S. The molecule has 0 bridgehead atoms. The van der Waals surface area contributed by atoms with Crippen LogP contribution in [0.3, 0.4) is 0 Å². The predicted molar refractivity (Wildman–Crippen MR) is 88.4 cm³/mol. The second kappa shape index (κ2) is 7.66. The Morgan fingerprint density at radius 1 is 1.04 bits per heavy atom. The Labute approximate surface area is 157 Å². The van der Waals surface area contributed by atoms with Gasteiger partial charge in [-0.3, -0.25) is 4.55 Å². The van der Waals surface area contributed by atoms with Gasteiger partial charge in [0, 0.05) is 17.3 Å². The van der Waals surface area contributed by atoms with Crippen molar-refractivity contribution in [2.24, 2.45) is 0 Å². The monoisotopic (exact) mass is 419 g/mol. The largest absolute Gasteiger partial charge is 0.462 e. The summed E-state index contributed by atoms with van der Waals surface area (Å²) in [6.45, 7) is 0. The third kappa shape index (κ3) is 4.11. The van der Waals surface area contributed by atoms with Crippen molar-refractivity contribution in [1.29, 1.82) is 0 Å². The highest BCUT2D eigenvalue weighted by Crippen LogP contribution is 2.30. The number of ether oxygens (including phenoxy) is 2. The fraction of sp³-hybridized carbons (Fsp3) is 0.312. The van der Waals surface area contributed by atoms with Crippen LogP contribution in [0.15, 0.2) is 36.5 Å². The Hall–Kier alpha value is -2.22. The van der Waals surface area contributed by atoms with Gasteiger partial charge < -0.3 is 24.8 Å². The van der Waals surface area contributed by atoms with Crippen LogP contribution in [0.5, 0.6) is 5.75 Å². The lowest BCUT2D eigenvalue weighted by Crippen LogP contribution is -2.61. The smallest absolute Gasteiger partial charge is 0.295 e. The molecule has 1 aliphatic heterocycles. The molecule has 0 aliphatic carbocycles. The number of rotatable bonds is 4. The quantitative estimate of drug-likeness (QED) is 0.399. The van der Waals surface area contributed by atoms with E-state index in [1.165, 1.54) is 6.07 Å². The number of aromatic nitrogens is 1. The van der Waals surface area contributed by atoms with Gasteiger partial charge in [-0.25, -0.2) is 9.37 Å². The molecular weight excluding hydrogens is 404 g/mol. The molecule has 1 aromatic heterocycles. The number of aliphatic hydroxyl groups is 3. The standard InChI is InChI=1S/C16H15F2NO8S/c17-10-3-2-8(5-9(10)7-1-4-11(18)19-6-7)26-15-13(21)12(20)14(22)16(27-15)28(23,24)25/h1-6,12-16,20-22H,(H,23,24,25)/t12-,13-,14+,15-,16?/m1/s1. The van der Waals surface area contributed by atoms with E-state index < -0.39 is 51.9 Å². The van der Waals surface area contributed by atoms with Crippen LogP contribution in [-0.2, 0) is 14.9 Å². The van der Waals surface area contributed by atoms with Crippen molar-refractivity contribution in [1.82, 2.24) is 4.98 Å². The zero-order valence-electron chi connectivity index (χ0n) is 13.9. The van der Waals surface area contributed by atoms with Crippen LogP contribution in [0.25, 0.3) is 11.1 Å². The van der Waals surface area contributed by atoms with Crippen LogP contribution < -0.4 is 4.74 Å². The molecule has 152 valence electrons. The third-order valence-electron chi connectivity index (χ3n) is 4.05. The summed E-state index contributed by atoms with van der Waals surface area (Å²) in [4.78, 5) is 3.42. The fourth-order valence-electron chi connectivity index (χ4n) is 2.63. The first-order valence-electron chi connectivity index (χ1n) is 7.82. The van der Waals surface area contributed by atoms with Crippen LogP contribution in [-0.4, -0.2) is 63.3 Å². The molecule has 5 atom stereocenters. The average molecular weight is 419 g/mol. The molecule has 0 spiro atoms. The van der Waals surface area contributed by atoms with E-state index in [1.54, 1.807) is 0 Å². The molecule has 3 rings (SSSR count). The van der Waals surface area contributed by atoms with Gasteiger partial charge in [0.2, 0.25) is 17.7 Å². The van der Waals surface area contributed by atoms with E-state index in [0.29, 0.717) is 0 Å².